The molecule has 0 aliphatic rings. The highest BCUT2D eigenvalue weighted by Crippen LogP contribution is 2.21. The number of aromatic nitrogens is 2. The van der Waals surface area contributed by atoms with Crippen molar-refractivity contribution >= 4 is 17.7 Å². The molecule has 0 saturated carbocycles. The lowest BCUT2D eigenvalue weighted by molar-refractivity contribution is 0.0697. The molecule has 0 saturated heterocycles. The lowest BCUT2D eigenvalue weighted by Gasteiger charge is -2.05. The number of hydrogen-bond donors (Lipinski definition) is 1. The largest absolute Gasteiger partial charge is 0.478 e. The van der Waals surface area contributed by atoms with E-state index in [2.05, 4.69) is 9.97 Å². The van der Waals surface area contributed by atoms with E-state index in [4.69, 9.17) is 5.11 Å². The quantitative estimate of drug-likeness (QED) is 0.676. The first-order valence-electron chi connectivity index (χ1n) is 5.39. The molecule has 1 aromatic carbocycles. The summed E-state index contributed by atoms with van der Waals surface area (Å²) in [4.78, 5) is 19.1. The Morgan fingerprint density at radius 1 is 1.33 bits per heavy atom. The third-order valence-electron chi connectivity index (χ3n) is 2.49. The molecule has 0 radical (unpaired) electrons. The lowest BCUT2D eigenvalue weighted by Crippen LogP contribution is -1.98. The van der Waals surface area contributed by atoms with Crippen LogP contribution < -0.4 is 0 Å². The van der Waals surface area contributed by atoms with Gasteiger partial charge < -0.3 is 5.11 Å². The summed E-state index contributed by atoms with van der Waals surface area (Å²) in [6, 6.07) is 6.92. The zero-order chi connectivity index (χ0) is 13.0. The normalized spacial score (nSPS) is 10.3. The van der Waals surface area contributed by atoms with Crippen molar-refractivity contribution in [3.63, 3.8) is 0 Å². The summed E-state index contributed by atoms with van der Waals surface area (Å²) in [5.74, 6) is -0.167. The molecular weight excluding hydrogens is 248 g/mol. The zero-order valence-corrected chi connectivity index (χ0v) is 10.6. The third kappa shape index (κ3) is 3.07. The van der Waals surface area contributed by atoms with Crippen molar-refractivity contribution in [3.8, 4) is 0 Å². The van der Waals surface area contributed by atoms with Crippen molar-refractivity contribution < 1.29 is 9.90 Å². The maximum atomic E-state index is 10.8. The number of carboxylic acids is 1. The van der Waals surface area contributed by atoms with E-state index in [9.17, 15) is 4.79 Å². The van der Waals surface area contributed by atoms with Gasteiger partial charge >= 0.3 is 5.97 Å². The van der Waals surface area contributed by atoms with Crippen LogP contribution in [0.25, 0.3) is 0 Å². The van der Waals surface area contributed by atoms with Crippen LogP contribution in [-0.2, 0) is 5.75 Å². The molecule has 5 heteroatoms. The second kappa shape index (κ2) is 5.64. The molecule has 2 aromatic rings. The van der Waals surface area contributed by atoms with Crippen LogP contribution in [0.4, 0.5) is 0 Å². The minimum Gasteiger partial charge on any atom is -0.478 e. The molecule has 0 unspecified atom stereocenters. The van der Waals surface area contributed by atoms with E-state index in [1.165, 1.54) is 11.8 Å². The zero-order valence-electron chi connectivity index (χ0n) is 9.83. The van der Waals surface area contributed by atoms with Gasteiger partial charge in [0.2, 0.25) is 0 Å². The van der Waals surface area contributed by atoms with Gasteiger partial charge in [0, 0.05) is 18.1 Å². The van der Waals surface area contributed by atoms with Gasteiger partial charge in [-0.25, -0.2) is 14.8 Å². The minimum atomic E-state index is -0.899. The monoisotopic (exact) mass is 260 g/mol. The fourth-order valence-corrected chi connectivity index (χ4v) is 2.37. The molecule has 18 heavy (non-hydrogen) atoms. The van der Waals surface area contributed by atoms with Gasteiger partial charge in [-0.15, -0.1) is 0 Å². The van der Waals surface area contributed by atoms with E-state index in [-0.39, 0.29) is 0 Å². The Hall–Kier alpha value is -1.88. The molecule has 0 aliphatic carbocycles. The van der Waals surface area contributed by atoms with Gasteiger partial charge in [-0.3, -0.25) is 0 Å². The van der Waals surface area contributed by atoms with Crippen LogP contribution >= 0.6 is 11.8 Å². The summed E-state index contributed by atoms with van der Waals surface area (Å²) in [5, 5.41) is 9.60. The molecule has 92 valence electrons. The number of rotatable bonds is 4. The molecule has 2 rings (SSSR count). The van der Waals surface area contributed by atoms with Crippen LogP contribution in [0.3, 0.4) is 0 Å². The minimum absolute atomic E-state index is 0.317. The first-order chi connectivity index (χ1) is 8.66. The Morgan fingerprint density at radius 2 is 2.06 bits per heavy atom. The average Bonchev–Trinajstić information content (AvgIpc) is 2.38. The van der Waals surface area contributed by atoms with E-state index in [0.717, 1.165) is 22.0 Å². The second-order valence-electron chi connectivity index (χ2n) is 3.77. The smallest absolute Gasteiger partial charge is 0.335 e. The number of thioether (sulfide) groups is 1. The van der Waals surface area contributed by atoms with E-state index >= 15 is 0 Å². The van der Waals surface area contributed by atoms with Crippen molar-refractivity contribution in [2.45, 2.75) is 17.8 Å². The van der Waals surface area contributed by atoms with Gasteiger partial charge in [0.1, 0.15) is 0 Å². The van der Waals surface area contributed by atoms with E-state index in [0.29, 0.717) is 5.56 Å². The SMILES string of the molecule is Cc1cc(C(=O)O)ccc1CSc1ncccn1. The van der Waals surface area contributed by atoms with Crippen molar-refractivity contribution in [2.75, 3.05) is 0 Å². The first-order valence-corrected chi connectivity index (χ1v) is 6.38. The molecule has 4 nitrogen and oxygen atoms in total. The standard InChI is InChI=1S/C13H12N2O2S/c1-9-7-10(12(16)17)3-4-11(9)8-18-13-14-5-2-6-15-13/h2-7H,8H2,1H3,(H,16,17). The van der Waals surface area contributed by atoms with Crippen molar-refractivity contribution in [3.05, 3.63) is 53.3 Å². The van der Waals surface area contributed by atoms with Crippen LogP contribution in [0.15, 0.2) is 41.8 Å². The second-order valence-corrected chi connectivity index (χ2v) is 4.71. The molecule has 1 aromatic heterocycles. The predicted molar refractivity (Wildman–Crippen MR) is 69.7 cm³/mol. The van der Waals surface area contributed by atoms with E-state index in [1.54, 1.807) is 30.6 Å². The Bertz CT molecular complexity index is 558. The van der Waals surface area contributed by atoms with Gasteiger partial charge in [0.15, 0.2) is 5.16 Å². The van der Waals surface area contributed by atoms with E-state index < -0.39 is 5.97 Å². The summed E-state index contributed by atoms with van der Waals surface area (Å²) in [5.41, 5.74) is 2.38. The highest BCUT2D eigenvalue weighted by atomic mass is 32.2. The Morgan fingerprint density at radius 3 is 2.67 bits per heavy atom. The van der Waals surface area contributed by atoms with Crippen molar-refractivity contribution in [1.29, 1.82) is 0 Å². The third-order valence-corrected chi connectivity index (χ3v) is 3.41. The molecule has 1 heterocycles. The van der Waals surface area contributed by atoms with Crippen LogP contribution in [0, 0.1) is 6.92 Å². The fraction of sp³-hybridized carbons (Fsp3) is 0.154. The van der Waals surface area contributed by atoms with Crippen LogP contribution in [0.5, 0.6) is 0 Å². The Kier molecular flexibility index (Phi) is 3.94. The van der Waals surface area contributed by atoms with Gasteiger partial charge in [-0.1, -0.05) is 17.8 Å². The highest BCUT2D eigenvalue weighted by Gasteiger charge is 2.06. The van der Waals surface area contributed by atoms with Gasteiger partial charge in [0.25, 0.3) is 0 Å². The maximum absolute atomic E-state index is 10.8. The number of nitrogens with zero attached hydrogens (tertiary/aromatic N) is 2. The van der Waals surface area contributed by atoms with Crippen LogP contribution in [0.2, 0.25) is 0 Å². The Labute approximate surface area is 109 Å². The van der Waals surface area contributed by atoms with Crippen LogP contribution in [-0.4, -0.2) is 21.0 Å². The first kappa shape index (κ1) is 12.6. The molecule has 0 atom stereocenters. The van der Waals surface area contributed by atoms with Crippen molar-refractivity contribution in [1.82, 2.24) is 9.97 Å². The molecule has 0 fully saturated rings. The number of benzene rings is 1. The van der Waals surface area contributed by atoms with Crippen LogP contribution in [0.1, 0.15) is 21.5 Å². The van der Waals surface area contributed by atoms with Crippen molar-refractivity contribution in [2.24, 2.45) is 0 Å². The topological polar surface area (TPSA) is 63.1 Å². The number of aryl methyl sites for hydroxylation is 1. The summed E-state index contributed by atoms with van der Waals surface area (Å²) in [6.45, 7) is 1.91. The molecule has 0 bridgehead atoms. The lowest BCUT2D eigenvalue weighted by atomic mass is 10.1. The summed E-state index contributed by atoms with van der Waals surface area (Å²) in [6.07, 6.45) is 3.41. The number of carbonyl (C=O) groups is 1. The number of carboxylic acid groups (broad SMARTS) is 1. The molecule has 0 aliphatic heterocycles. The van der Waals surface area contributed by atoms with Gasteiger partial charge in [-0.05, 0) is 36.2 Å². The maximum Gasteiger partial charge on any atom is 0.335 e. The van der Waals surface area contributed by atoms with E-state index in [1.807, 2.05) is 13.0 Å². The molecule has 0 spiro atoms. The number of aromatic carboxylic acids is 1. The summed E-state index contributed by atoms with van der Waals surface area (Å²) < 4.78 is 0. The average molecular weight is 260 g/mol. The van der Waals surface area contributed by atoms with Gasteiger partial charge in [-0.2, -0.15) is 0 Å². The molecule has 0 amide bonds. The molecule has 1 N–H and O–H groups in total. The predicted octanol–water partition coefficient (Wildman–Crippen LogP) is 2.78. The number of hydrogen-bond acceptors (Lipinski definition) is 4. The Balaban J connectivity index is 2.08. The highest BCUT2D eigenvalue weighted by molar-refractivity contribution is 7.98. The summed E-state index contributed by atoms with van der Waals surface area (Å²) >= 11 is 1.53. The summed E-state index contributed by atoms with van der Waals surface area (Å²) in [7, 11) is 0. The fourth-order valence-electron chi connectivity index (χ4n) is 1.49. The molecular formula is C13H12N2O2S. The van der Waals surface area contributed by atoms with Gasteiger partial charge in [0.05, 0.1) is 5.56 Å².